The van der Waals surface area contributed by atoms with E-state index >= 15 is 0 Å². The van der Waals surface area contributed by atoms with Gasteiger partial charge in [0.2, 0.25) is 0 Å². The maximum atomic E-state index is 12.5. The van der Waals surface area contributed by atoms with E-state index in [9.17, 15) is 13.2 Å². The molecule has 0 radical (unpaired) electrons. The number of aryl methyl sites for hydroxylation is 1. The number of guanidine groups is 1. The summed E-state index contributed by atoms with van der Waals surface area (Å²) in [6.45, 7) is 2.87. The molecule has 24 heavy (non-hydrogen) atoms. The van der Waals surface area contributed by atoms with Gasteiger partial charge in [0, 0.05) is 19.0 Å². The Morgan fingerprint density at radius 2 is 1.83 bits per heavy atom. The molecule has 0 amide bonds. The number of aliphatic imine (C=N–C) groups is 1. The molecule has 0 fully saturated rings. The molecule has 2 rings (SSSR count). The number of thiazole rings is 1. The van der Waals surface area contributed by atoms with Crippen molar-refractivity contribution in [2.45, 2.75) is 32.6 Å². The van der Waals surface area contributed by atoms with Crippen LogP contribution in [0.25, 0.3) is 0 Å². The van der Waals surface area contributed by atoms with Crippen molar-refractivity contribution in [2.24, 2.45) is 4.99 Å². The summed E-state index contributed by atoms with van der Waals surface area (Å²) in [6, 6.07) is 8.08. The van der Waals surface area contributed by atoms with Gasteiger partial charge in [-0.15, -0.1) is 11.3 Å². The lowest BCUT2D eigenvalue weighted by Gasteiger charge is -2.13. The van der Waals surface area contributed by atoms with Crippen LogP contribution in [0.3, 0.4) is 0 Å². The molecule has 1 heterocycles. The van der Waals surface area contributed by atoms with Crippen LogP contribution >= 0.6 is 11.3 Å². The first-order valence-corrected chi connectivity index (χ1v) is 8.35. The van der Waals surface area contributed by atoms with Crippen LogP contribution in [0.5, 0.6) is 0 Å². The predicted octanol–water partition coefficient (Wildman–Crippen LogP) is 3.59. The smallest absolute Gasteiger partial charge is 0.352 e. The average molecular weight is 356 g/mol. The normalized spacial score (nSPS) is 12.3. The van der Waals surface area contributed by atoms with E-state index in [-0.39, 0.29) is 6.54 Å². The fourth-order valence-corrected chi connectivity index (χ4v) is 2.90. The number of halogens is 3. The highest BCUT2D eigenvalue weighted by Crippen LogP contribution is 2.29. The van der Waals surface area contributed by atoms with Gasteiger partial charge in [0.25, 0.3) is 0 Å². The molecule has 0 aliphatic heterocycles. The van der Waals surface area contributed by atoms with E-state index in [1.165, 1.54) is 5.56 Å². The van der Waals surface area contributed by atoms with Gasteiger partial charge in [0.1, 0.15) is 5.01 Å². The van der Waals surface area contributed by atoms with Crippen molar-refractivity contribution in [2.75, 3.05) is 7.05 Å². The zero-order valence-corrected chi connectivity index (χ0v) is 14.3. The van der Waals surface area contributed by atoms with E-state index in [2.05, 4.69) is 33.6 Å². The number of nitrogens with zero attached hydrogens (tertiary/aromatic N) is 2. The van der Waals surface area contributed by atoms with Crippen LogP contribution in [0.2, 0.25) is 0 Å². The molecule has 8 heteroatoms. The Morgan fingerprint density at radius 1 is 1.17 bits per heavy atom. The average Bonchev–Trinajstić information content (AvgIpc) is 3.04. The Labute approximate surface area is 142 Å². The third-order valence-electron chi connectivity index (χ3n) is 3.42. The summed E-state index contributed by atoms with van der Waals surface area (Å²) >= 11 is 0.973. The highest BCUT2D eigenvalue weighted by atomic mass is 32.1. The molecule has 0 aliphatic rings. The summed E-state index contributed by atoms with van der Waals surface area (Å²) in [5, 5.41) is 7.52. The van der Waals surface area contributed by atoms with Gasteiger partial charge in [-0.05, 0) is 17.5 Å². The minimum absolute atomic E-state index is 0.190. The number of aromatic nitrogens is 1. The molecule has 4 nitrogen and oxygen atoms in total. The second kappa shape index (κ2) is 8.14. The topological polar surface area (TPSA) is 49.3 Å². The Morgan fingerprint density at radius 3 is 2.42 bits per heavy atom. The van der Waals surface area contributed by atoms with E-state index in [0.29, 0.717) is 17.5 Å². The SMILES string of the molecule is CCc1ccccc1CNC(=NC)NCc1nc(C(F)(F)F)cs1. The van der Waals surface area contributed by atoms with E-state index in [1.807, 2.05) is 18.2 Å². The molecular formula is C16H19F3N4S. The maximum Gasteiger partial charge on any atom is 0.434 e. The van der Waals surface area contributed by atoms with Gasteiger partial charge in [-0.2, -0.15) is 13.2 Å². The quantitative estimate of drug-likeness (QED) is 0.636. The number of benzene rings is 1. The Kier molecular flexibility index (Phi) is 6.19. The van der Waals surface area contributed by atoms with Gasteiger partial charge < -0.3 is 10.6 Å². The highest BCUT2D eigenvalue weighted by molar-refractivity contribution is 7.09. The Hall–Kier alpha value is -2.09. The van der Waals surface area contributed by atoms with Crippen molar-refractivity contribution in [3.8, 4) is 0 Å². The van der Waals surface area contributed by atoms with Crippen LogP contribution < -0.4 is 10.6 Å². The summed E-state index contributed by atoms with van der Waals surface area (Å²) in [6.07, 6.45) is -3.47. The van der Waals surface area contributed by atoms with Crippen molar-refractivity contribution < 1.29 is 13.2 Å². The van der Waals surface area contributed by atoms with Crippen LogP contribution in [0.15, 0.2) is 34.6 Å². The highest BCUT2D eigenvalue weighted by Gasteiger charge is 2.33. The van der Waals surface area contributed by atoms with Crippen LogP contribution in [-0.2, 0) is 25.7 Å². The number of nitrogens with one attached hydrogen (secondary N) is 2. The minimum atomic E-state index is -4.40. The van der Waals surface area contributed by atoms with Gasteiger partial charge in [-0.25, -0.2) is 4.98 Å². The molecule has 1 aromatic heterocycles. The van der Waals surface area contributed by atoms with Crippen molar-refractivity contribution >= 4 is 17.3 Å². The summed E-state index contributed by atoms with van der Waals surface area (Å²) in [5.41, 5.74) is 1.55. The van der Waals surface area contributed by atoms with Crippen LogP contribution in [0.1, 0.15) is 28.8 Å². The summed E-state index contributed by atoms with van der Waals surface area (Å²) in [7, 11) is 1.62. The standard InChI is InChI=1S/C16H19F3N4S/c1-3-11-6-4-5-7-12(11)8-21-15(20-2)22-9-14-23-13(10-24-14)16(17,18)19/h4-7,10H,3,8-9H2,1-2H3,(H2,20,21,22). The molecule has 0 aliphatic carbocycles. The summed E-state index contributed by atoms with van der Waals surface area (Å²) < 4.78 is 37.6. The number of hydrogen-bond donors (Lipinski definition) is 2. The molecule has 130 valence electrons. The molecule has 0 spiro atoms. The van der Waals surface area contributed by atoms with Crippen LogP contribution in [-0.4, -0.2) is 18.0 Å². The van der Waals surface area contributed by atoms with E-state index in [0.717, 1.165) is 28.7 Å². The fourth-order valence-electron chi connectivity index (χ4n) is 2.16. The van der Waals surface area contributed by atoms with Crippen molar-refractivity contribution in [1.82, 2.24) is 15.6 Å². The molecule has 0 atom stereocenters. The number of rotatable bonds is 5. The zero-order chi connectivity index (χ0) is 17.6. The molecule has 0 saturated heterocycles. The summed E-state index contributed by atoms with van der Waals surface area (Å²) in [4.78, 5) is 7.66. The molecule has 2 N–H and O–H groups in total. The maximum absolute atomic E-state index is 12.5. The van der Waals surface area contributed by atoms with Gasteiger partial charge in [-0.1, -0.05) is 31.2 Å². The first-order chi connectivity index (χ1) is 11.4. The number of hydrogen-bond acceptors (Lipinski definition) is 3. The first-order valence-electron chi connectivity index (χ1n) is 7.47. The first kappa shape index (κ1) is 18.3. The second-order valence-electron chi connectivity index (χ2n) is 5.03. The number of alkyl halides is 3. The summed E-state index contributed by atoms with van der Waals surface area (Å²) in [5.74, 6) is 0.518. The predicted molar refractivity (Wildman–Crippen MR) is 90.0 cm³/mol. The van der Waals surface area contributed by atoms with Crippen molar-refractivity contribution in [1.29, 1.82) is 0 Å². The van der Waals surface area contributed by atoms with E-state index in [1.54, 1.807) is 7.05 Å². The van der Waals surface area contributed by atoms with E-state index in [4.69, 9.17) is 0 Å². The van der Waals surface area contributed by atoms with Crippen molar-refractivity contribution in [3.05, 3.63) is 51.5 Å². The van der Waals surface area contributed by atoms with Gasteiger partial charge >= 0.3 is 6.18 Å². The lowest BCUT2D eigenvalue weighted by atomic mass is 10.1. The molecule has 0 unspecified atom stereocenters. The van der Waals surface area contributed by atoms with Crippen molar-refractivity contribution in [3.63, 3.8) is 0 Å². The Bertz CT molecular complexity index is 695. The molecule has 0 saturated carbocycles. The van der Waals surface area contributed by atoms with E-state index < -0.39 is 11.9 Å². The molecule has 2 aromatic rings. The van der Waals surface area contributed by atoms with Gasteiger partial charge in [0.05, 0.1) is 6.54 Å². The minimum Gasteiger partial charge on any atom is -0.352 e. The van der Waals surface area contributed by atoms with Gasteiger partial charge in [0.15, 0.2) is 11.7 Å². The fraction of sp³-hybridized carbons (Fsp3) is 0.375. The molecular weight excluding hydrogens is 337 g/mol. The monoisotopic (exact) mass is 356 g/mol. The van der Waals surface area contributed by atoms with Crippen LogP contribution in [0.4, 0.5) is 13.2 Å². The Balaban J connectivity index is 1.90. The van der Waals surface area contributed by atoms with Crippen LogP contribution in [0, 0.1) is 0 Å². The third kappa shape index (κ3) is 4.95. The largest absolute Gasteiger partial charge is 0.434 e. The zero-order valence-electron chi connectivity index (χ0n) is 13.4. The van der Waals surface area contributed by atoms with Gasteiger partial charge in [-0.3, -0.25) is 4.99 Å². The molecule has 0 bridgehead atoms. The lowest BCUT2D eigenvalue weighted by molar-refractivity contribution is -0.140. The second-order valence-corrected chi connectivity index (χ2v) is 5.97. The molecule has 1 aromatic carbocycles. The third-order valence-corrected chi connectivity index (χ3v) is 4.27. The lowest BCUT2D eigenvalue weighted by Crippen LogP contribution is -2.36.